The van der Waals surface area contributed by atoms with Gasteiger partial charge in [-0.3, -0.25) is 0 Å². The molecule has 0 unspecified atom stereocenters. The SMILES string of the molecule is c1ccc(-c2cnc(CNC3CCCC3)[nH]2)cc1. The molecule has 1 aliphatic carbocycles. The van der Waals surface area contributed by atoms with Crippen LogP contribution in [0.1, 0.15) is 31.5 Å². The third-order valence-corrected chi connectivity index (χ3v) is 3.63. The molecule has 0 radical (unpaired) electrons. The van der Waals surface area contributed by atoms with E-state index in [0.29, 0.717) is 6.04 Å². The predicted octanol–water partition coefficient (Wildman–Crippen LogP) is 3.11. The summed E-state index contributed by atoms with van der Waals surface area (Å²) in [6.45, 7) is 0.845. The van der Waals surface area contributed by atoms with Crippen molar-refractivity contribution in [3.05, 3.63) is 42.4 Å². The maximum atomic E-state index is 4.44. The van der Waals surface area contributed by atoms with Gasteiger partial charge in [-0.25, -0.2) is 4.98 Å². The summed E-state index contributed by atoms with van der Waals surface area (Å²) in [5, 5.41) is 3.57. The molecule has 0 aliphatic heterocycles. The fraction of sp³-hybridized carbons (Fsp3) is 0.400. The highest BCUT2D eigenvalue weighted by molar-refractivity contribution is 5.57. The fourth-order valence-electron chi connectivity index (χ4n) is 2.59. The Morgan fingerprint density at radius 1 is 1.17 bits per heavy atom. The summed E-state index contributed by atoms with van der Waals surface area (Å²) < 4.78 is 0. The Hall–Kier alpha value is -1.61. The van der Waals surface area contributed by atoms with Crippen LogP contribution in [-0.4, -0.2) is 16.0 Å². The van der Waals surface area contributed by atoms with E-state index in [2.05, 4.69) is 27.4 Å². The van der Waals surface area contributed by atoms with Gasteiger partial charge in [0.25, 0.3) is 0 Å². The molecule has 3 heteroatoms. The number of nitrogens with zero attached hydrogens (tertiary/aromatic N) is 1. The van der Waals surface area contributed by atoms with Crippen LogP contribution in [0, 0.1) is 0 Å². The van der Waals surface area contributed by atoms with Gasteiger partial charge in [-0.05, 0) is 18.4 Å². The standard InChI is InChI=1S/C15H19N3/c1-2-6-12(7-3-1)14-10-17-15(18-14)11-16-13-8-4-5-9-13/h1-3,6-7,10,13,16H,4-5,8-9,11H2,(H,17,18). The molecular formula is C15H19N3. The maximum Gasteiger partial charge on any atom is 0.120 e. The van der Waals surface area contributed by atoms with Gasteiger partial charge in [0, 0.05) is 6.04 Å². The topological polar surface area (TPSA) is 40.7 Å². The summed E-state index contributed by atoms with van der Waals surface area (Å²) in [4.78, 5) is 7.82. The maximum absolute atomic E-state index is 4.44. The quantitative estimate of drug-likeness (QED) is 0.863. The van der Waals surface area contributed by atoms with Crippen molar-refractivity contribution in [2.24, 2.45) is 0 Å². The fourth-order valence-corrected chi connectivity index (χ4v) is 2.59. The smallest absolute Gasteiger partial charge is 0.120 e. The number of hydrogen-bond acceptors (Lipinski definition) is 2. The minimum atomic E-state index is 0.690. The van der Waals surface area contributed by atoms with Gasteiger partial charge in [0.2, 0.25) is 0 Å². The van der Waals surface area contributed by atoms with Gasteiger partial charge in [0.1, 0.15) is 5.82 Å². The van der Waals surface area contributed by atoms with Gasteiger partial charge >= 0.3 is 0 Å². The van der Waals surface area contributed by atoms with E-state index in [0.717, 1.165) is 18.1 Å². The number of aromatic nitrogens is 2. The summed E-state index contributed by atoms with van der Waals surface area (Å²) in [5.74, 6) is 1.03. The van der Waals surface area contributed by atoms with Crippen molar-refractivity contribution in [1.82, 2.24) is 15.3 Å². The zero-order valence-corrected chi connectivity index (χ0v) is 10.5. The Kier molecular flexibility index (Phi) is 3.42. The van der Waals surface area contributed by atoms with Gasteiger partial charge in [-0.2, -0.15) is 0 Å². The second-order valence-corrected chi connectivity index (χ2v) is 4.97. The zero-order chi connectivity index (χ0) is 12.2. The molecule has 1 heterocycles. The molecule has 0 amide bonds. The van der Waals surface area contributed by atoms with Crippen molar-refractivity contribution in [1.29, 1.82) is 0 Å². The molecule has 2 N–H and O–H groups in total. The monoisotopic (exact) mass is 241 g/mol. The number of rotatable bonds is 4. The van der Waals surface area contributed by atoms with Crippen LogP contribution in [-0.2, 0) is 6.54 Å². The lowest BCUT2D eigenvalue weighted by atomic mass is 10.2. The van der Waals surface area contributed by atoms with Gasteiger partial charge < -0.3 is 10.3 Å². The van der Waals surface area contributed by atoms with Crippen molar-refractivity contribution in [2.45, 2.75) is 38.3 Å². The van der Waals surface area contributed by atoms with Crippen molar-refractivity contribution >= 4 is 0 Å². The highest BCUT2D eigenvalue weighted by atomic mass is 15.0. The molecule has 0 saturated heterocycles. The minimum Gasteiger partial charge on any atom is -0.341 e. The number of hydrogen-bond donors (Lipinski definition) is 2. The first kappa shape index (κ1) is 11.5. The number of nitrogens with one attached hydrogen (secondary N) is 2. The molecule has 1 aromatic heterocycles. The van der Waals surface area contributed by atoms with Crippen LogP contribution >= 0.6 is 0 Å². The van der Waals surface area contributed by atoms with Crippen LogP contribution in [0.4, 0.5) is 0 Å². The molecule has 0 spiro atoms. The first-order valence-corrected chi connectivity index (χ1v) is 6.74. The van der Waals surface area contributed by atoms with E-state index < -0.39 is 0 Å². The van der Waals surface area contributed by atoms with Crippen LogP contribution in [0.15, 0.2) is 36.5 Å². The van der Waals surface area contributed by atoms with Crippen LogP contribution in [0.25, 0.3) is 11.3 Å². The van der Waals surface area contributed by atoms with E-state index in [4.69, 9.17) is 0 Å². The summed E-state index contributed by atoms with van der Waals surface area (Å²) in [5.41, 5.74) is 2.29. The van der Waals surface area contributed by atoms with E-state index in [1.165, 1.54) is 31.2 Å². The summed E-state index contributed by atoms with van der Waals surface area (Å²) in [6.07, 6.45) is 7.27. The third-order valence-electron chi connectivity index (χ3n) is 3.63. The number of aromatic amines is 1. The lowest BCUT2D eigenvalue weighted by Gasteiger charge is -2.09. The van der Waals surface area contributed by atoms with Gasteiger partial charge in [0.05, 0.1) is 18.4 Å². The molecule has 1 fully saturated rings. The molecule has 1 saturated carbocycles. The molecule has 3 rings (SSSR count). The van der Waals surface area contributed by atoms with Gasteiger partial charge in [-0.15, -0.1) is 0 Å². The summed E-state index contributed by atoms with van der Waals surface area (Å²) in [7, 11) is 0. The Bertz CT molecular complexity index is 483. The van der Waals surface area contributed by atoms with Crippen LogP contribution < -0.4 is 5.32 Å². The Morgan fingerprint density at radius 2 is 1.94 bits per heavy atom. The molecule has 0 atom stereocenters. The molecule has 0 bridgehead atoms. The Morgan fingerprint density at radius 3 is 2.72 bits per heavy atom. The third kappa shape index (κ3) is 2.62. The number of H-pyrrole nitrogens is 1. The zero-order valence-electron chi connectivity index (χ0n) is 10.5. The van der Waals surface area contributed by atoms with E-state index in [9.17, 15) is 0 Å². The predicted molar refractivity (Wildman–Crippen MR) is 73.1 cm³/mol. The Balaban J connectivity index is 1.63. The van der Waals surface area contributed by atoms with E-state index in [1.54, 1.807) is 0 Å². The average Bonchev–Trinajstić information content (AvgIpc) is 3.09. The lowest BCUT2D eigenvalue weighted by Crippen LogP contribution is -2.25. The molecule has 1 aliphatic rings. The van der Waals surface area contributed by atoms with Crippen molar-refractivity contribution < 1.29 is 0 Å². The summed E-state index contributed by atoms with van der Waals surface area (Å²) in [6, 6.07) is 11.0. The largest absolute Gasteiger partial charge is 0.341 e. The molecular weight excluding hydrogens is 222 g/mol. The minimum absolute atomic E-state index is 0.690. The lowest BCUT2D eigenvalue weighted by molar-refractivity contribution is 0.515. The average molecular weight is 241 g/mol. The van der Waals surface area contributed by atoms with Crippen molar-refractivity contribution in [3.63, 3.8) is 0 Å². The highest BCUT2D eigenvalue weighted by Crippen LogP contribution is 2.19. The molecule has 2 aromatic rings. The molecule has 94 valence electrons. The second kappa shape index (κ2) is 5.36. The first-order chi connectivity index (χ1) is 8.92. The van der Waals surface area contributed by atoms with E-state index in [-0.39, 0.29) is 0 Å². The van der Waals surface area contributed by atoms with E-state index in [1.807, 2.05) is 24.4 Å². The first-order valence-electron chi connectivity index (χ1n) is 6.74. The van der Waals surface area contributed by atoms with Crippen LogP contribution in [0.2, 0.25) is 0 Å². The number of benzene rings is 1. The van der Waals surface area contributed by atoms with Crippen molar-refractivity contribution in [3.8, 4) is 11.3 Å². The normalized spacial score (nSPS) is 16.2. The van der Waals surface area contributed by atoms with Gasteiger partial charge in [-0.1, -0.05) is 43.2 Å². The van der Waals surface area contributed by atoms with Crippen LogP contribution in [0.3, 0.4) is 0 Å². The van der Waals surface area contributed by atoms with Crippen molar-refractivity contribution in [2.75, 3.05) is 0 Å². The van der Waals surface area contributed by atoms with E-state index >= 15 is 0 Å². The summed E-state index contributed by atoms with van der Waals surface area (Å²) >= 11 is 0. The Labute approximate surface area is 108 Å². The van der Waals surface area contributed by atoms with Gasteiger partial charge in [0.15, 0.2) is 0 Å². The van der Waals surface area contributed by atoms with Crippen LogP contribution in [0.5, 0.6) is 0 Å². The molecule has 18 heavy (non-hydrogen) atoms. The number of imidazole rings is 1. The second-order valence-electron chi connectivity index (χ2n) is 4.97. The molecule has 1 aromatic carbocycles. The molecule has 3 nitrogen and oxygen atoms in total. The highest BCUT2D eigenvalue weighted by Gasteiger charge is 2.14.